The first kappa shape index (κ1) is 25.3. The van der Waals surface area contributed by atoms with Gasteiger partial charge in [-0.3, -0.25) is 4.90 Å². The van der Waals surface area contributed by atoms with Gasteiger partial charge in [0.25, 0.3) is 0 Å². The third-order valence-electron chi connectivity index (χ3n) is 7.46. The number of halogens is 1. The predicted molar refractivity (Wildman–Crippen MR) is 136 cm³/mol. The van der Waals surface area contributed by atoms with Gasteiger partial charge >= 0.3 is 0 Å². The molecule has 172 valence electrons. The average molecular weight is 436 g/mol. The highest BCUT2D eigenvalue weighted by Gasteiger charge is 2.32. The van der Waals surface area contributed by atoms with Gasteiger partial charge in [0.15, 0.2) is 0 Å². The van der Waals surface area contributed by atoms with Gasteiger partial charge < -0.3 is 9.80 Å². The summed E-state index contributed by atoms with van der Waals surface area (Å²) in [5.74, 6) is 1.60. The van der Waals surface area contributed by atoms with Crippen molar-refractivity contribution in [2.75, 3.05) is 56.6 Å². The molecule has 30 heavy (non-hydrogen) atoms. The Morgan fingerprint density at radius 1 is 0.967 bits per heavy atom. The number of anilines is 2. The van der Waals surface area contributed by atoms with E-state index in [1.807, 2.05) is 0 Å². The number of benzene rings is 1. The van der Waals surface area contributed by atoms with Crippen molar-refractivity contribution in [3.8, 4) is 0 Å². The topological polar surface area (TPSA) is 9.72 Å². The summed E-state index contributed by atoms with van der Waals surface area (Å²) >= 11 is 0. The summed E-state index contributed by atoms with van der Waals surface area (Å²) in [7, 11) is 4.34. The Bertz CT molecular complexity index is 636. The normalized spacial score (nSPS) is 23.2. The maximum atomic E-state index is 2.67. The molecule has 0 aromatic heterocycles. The number of unbranched alkanes of at least 4 members (excludes halogenated alkanes) is 1. The van der Waals surface area contributed by atoms with Gasteiger partial charge in [-0.1, -0.05) is 34.1 Å². The van der Waals surface area contributed by atoms with Crippen molar-refractivity contribution in [2.45, 2.75) is 72.1 Å². The molecular weight excluding hydrogens is 390 g/mol. The minimum atomic E-state index is 0. The van der Waals surface area contributed by atoms with E-state index in [0.717, 1.165) is 11.8 Å². The van der Waals surface area contributed by atoms with Crippen LogP contribution < -0.4 is 9.80 Å². The average Bonchev–Trinajstić information content (AvgIpc) is 2.71. The van der Waals surface area contributed by atoms with Crippen LogP contribution in [-0.2, 0) is 0 Å². The summed E-state index contributed by atoms with van der Waals surface area (Å²) in [6.07, 6.45) is 8.09. The highest BCUT2D eigenvalue weighted by atomic mass is 35.5. The zero-order valence-corrected chi connectivity index (χ0v) is 21.2. The van der Waals surface area contributed by atoms with Crippen LogP contribution in [0.4, 0.5) is 11.4 Å². The lowest BCUT2D eigenvalue weighted by Crippen LogP contribution is -2.47. The van der Waals surface area contributed by atoms with Gasteiger partial charge in [0.1, 0.15) is 0 Å². The van der Waals surface area contributed by atoms with Gasteiger partial charge in [-0.2, -0.15) is 0 Å². The monoisotopic (exact) mass is 435 g/mol. The van der Waals surface area contributed by atoms with Crippen LogP contribution in [0, 0.1) is 11.3 Å². The largest absolute Gasteiger partial charge is 0.378 e. The lowest BCUT2D eigenvalue weighted by atomic mass is 9.68. The molecule has 3 rings (SSSR count). The maximum Gasteiger partial charge on any atom is 0.0404 e. The van der Waals surface area contributed by atoms with Crippen LogP contribution >= 0.6 is 12.4 Å². The SMILES string of the molecule is CCCCN1CCN(c2ccc(N(C)C)cc2C2CCC(C(C)(C)C)CC2)CC1.Cl. The molecule has 0 unspecified atom stereocenters. The first-order valence-corrected chi connectivity index (χ1v) is 12.1. The quantitative estimate of drug-likeness (QED) is 0.510. The molecule has 0 amide bonds. The predicted octanol–water partition coefficient (Wildman–Crippen LogP) is 6.42. The molecule has 0 N–H and O–H groups in total. The molecule has 1 aliphatic carbocycles. The molecule has 3 nitrogen and oxygen atoms in total. The third-order valence-corrected chi connectivity index (χ3v) is 7.46. The van der Waals surface area contributed by atoms with Crippen molar-refractivity contribution < 1.29 is 0 Å². The molecule has 1 heterocycles. The van der Waals surface area contributed by atoms with E-state index in [0.29, 0.717) is 5.41 Å². The van der Waals surface area contributed by atoms with Crippen LogP contribution in [0.3, 0.4) is 0 Å². The van der Waals surface area contributed by atoms with Gasteiger partial charge in [-0.05, 0) is 79.7 Å². The fraction of sp³-hybridized carbons (Fsp3) is 0.769. The van der Waals surface area contributed by atoms with Crippen molar-refractivity contribution in [1.29, 1.82) is 0 Å². The van der Waals surface area contributed by atoms with E-state index < -0.39 is 0 Å². The molecule has 0 radical (unpaired) electrons. The molecule has 2 aliphatic rings. The minimum absolute atomic E-state index is 0. The summed E-state index contributed by atoms with van der Waals surface area (Å²) in [5.41, 5.74) is 4.94. The Morgan fingerprint density at radius 3 is 2.13 bits per heavy atom. The third kappa shape index (κ3) is 6.29. The first-order valence-electron chi connectivity index (χ1n) is 12.1. The lowest BCUT2D eigenvalue weighted by molar-refractivity contribution is 0.169. The molecule has 4 heteroatoms. The summed E-state index contributed by atoms with van der Waals surface area (Å²) in [5, 5.41) is 0. The van der Waals surface area contributed by atoms with Gasteiger partial charge in [0.2, 0.25) is 0 Å². The second-order valence-electron chi connectivity index (χ2n) is 10.7. The number of rotatable bonds is 6. The van der Waals surface area contributed by atoms with E-state index in [1.54, 1.807) is 5.56 Å². The van der Waals surface area contributed by atoms with Crippen molar-refractivity contribution in [2.24, 2.45) is 11.3 Å². The molecule has 1 saturated carbocycles. The van der Waals surface area contributed by atoms with E-state index in [9.17, 15) is 0 Å². The van der Waals surface area contributed by atoms with Crippen molar-refractivity contribution in [3.05, 3.63) is 23.8 Å². The van der Waals surface area contributed by atoms with Gasteiger partial charge in [-0.15, -0.1) is 12.4 Å². The summed E-state index contributed by atoms with van der Waals surface area (Å²) < 4.78 is 0. The molecule has 1 aliphatic heterocycles. The Kier molecular flexibility index (Phi) is 9.36. The van der Waals surface area contributed by atoms with Gasteiger partial charge in [0.05, 0.1) is 0 Å². The summed E-state index contributed by atoms with van der Waals surface area (Å²) in [4.78, 5) is 7.59. The molecule has 0 atom stereocenters. The Morgan fingerprint density at radius 2 is 1.60 bits per heavy atom. The van der Waals surface area contributed by atoms with E-state index in [1.165, 1.54) is 82.6 Å². The second kappa shape index (κ2) is 11.1. The van der Waals surface area contributed by atoms with Crippen molar-refractivity contribution in [1.82, 2.24) is 4.90 Å². The molecule has 1 saturated heterocycles. The second-order valence-corrected chi connectivity index (χ2v) is 10.7. The zero-order chi connectivity index (χ0) is 21.0. The van der Waals surface area contributed by atoms with Crippen LogP contribution in [0.1, 0.15) is 77.7 Å². The Labute approximate surface area is 192 Å². The van der Waals surface area contributed by atoms with E-state index in [2.05, 4.69) is 74.7 Å². The minimum Gasteiger partial charge on any atom is -0.378 e. The highest BCUT2D eigenvalue weighted by molar-refractivity contribution is 5.85. The zero-order valence-electron chi connectivity index (χ0n) is 20.4. The molecule has 2 fully saturated rings. The number of piperazine rings is 1. The molecule has 0 bridgehead atoms. The maximum absolute atomic E-state index is 2.67. The van der Waals surface area contributed by atoms with Crippen LogP contribution in [-0.4, -0.2) is 51.7 Å². The Hall–Kier alpha value is -0.930. The van der Waals surface area contributed by atoms with Crippen LogP contribution in [0.25, 0.3) is 0 Å². The molecule has 1 aromatic carbocycles. The Balaban J connectivity index is 0.00000320. The van der Waals surface area contributed by atoms with Crippen LogP contribution in [0.15, 0.2) is 18.2 Å². The number of hydrogen-bond donors (Lipinski definition) is 0. The van der Waals surface area contributed by atoms with E-state index >= 15 is 0 Å². The standard InChI is InChI=1S/C26H45N3.ClH/c1-7-8-15-28-16-18-29(19-17-28)25-14-13-23(27(5)6)20-24(25)21-9-11-22(12-10-21)26(2,3)4;/h13-14,20-22H,7-12,15-19H2,1-6H3;1H. The van der Waals surface area contributed by atoms with Crippen LogP contribution in [0.2, 0.25) is 0 Å². The highest BCUT2D eigenvalue weighted by Crippen LogP contribution is 2.45. The van der Waals surface area contributed by atoms with E-state index in [4.69, 9.17) is 0 Å². The summed E-state index contributed by atoms with van der Waals surface area (Å²) in [6.45, 7) is 15.6. The van der Waals surface area contributed by atoms with Gasteiger partial charge in [0, 0.05) is 51.6 Å². The number of hydrogen-bond acceptors (Lipinski definition) is 3. The van der Waals surface area contributed by atoms with E-state index in [-0.39, 0.29) is 12.4 Å². The van der Waals surface area contributed by atoms with Gasteiger partial charge in [-0.25, -0.2) is 0 Å². The van der Waals surface area contributed by atoms with Crippen LogP contribution in [0.5, 0.6) is 0 Å². The molecule has 0 spiro atoms. The lowest BCUT2D eigenvalue weighted by Gasteiger charge is -2.40. The molecule has 1 aromatic rings. The number of nitrogens with zero attached hydrogens (tertiary/aromatic N) is 3. The fourth-order valence-corrected chi connectivity index (χ4v) is 5.30. The van der Waals surface area contributed by atoms with Crippen molar-refractivity contribution >= 4 is 23.8 Å². The molecular formula is C26H46ClN3. The first-order chi connectivity index (χ1) is 13.8. The van der Waals surface area contributed by atoms with Crippen molar-refractivity contribution in [3.63, 3.8) is 0 Å². The fourth-order valence-electron chi connectivity index (χ4n) is 5.30. The smallest absolute Gasteiger partial charge is 0.0404 e. The summed E-state index contributed by atoms with van der Waals surface area (Å²) in [6, 6.07) is 7.24.